The first-order valence-corrected chi connectivity index (χ1v) is 5.78. The van der Waals surface area contributed by atoms with Gasteiger partial charge in [0, 0.05) is 35.9 Å². The van der Waals surface area contributed by atoms with Gasteiger partial charge in [0.1, 0.15) is 0 Å². The SMILES string of the molecule is CS(=O)CCNC(=O)NCCC(=O)O. The van der Waals surface area contributed by atoms with E-state index < -0.39 is 22.8 Å². The Morgan fingerprint density at radius 3 is 2.36 bits per heavy atom. The Hall–Kier alpha value is -1.11. The van der Waals surface area contributed by atoms with Crippen LogP contribution in [-0.2, 0) is 15.6 Å². The molecule has 0 aliphatic carbocycles. The molecule has 14 heavy (non-hydrogen) atoms. The van der Waals surface area contributed by atoms with E-state index in [1.165, 1.54) is 0 Å². The van der Waals surface area contributed by atoms with Gasteiger partial charge in [0.2, 0.25) is 0 Å². The molecule has 2 amide bonds. The molecule has 0 aliphatic rings. The predicted molar refractivity (Wildman–Crippen MR) is 52.6 cm³/mol. The number of rotatable bonds is 6. The molecule has 0 aromatic rings. The number of amides is 2. The van der Waals surface area contributed by atoms with Crippen LogP contribution in [0.4, 0.5) is 4.79 Å². The van der Waals surface area contributed by atoms with Crippen LogP contribution in [0.25, 0.3) is 0 Å². The van der Waals surface area contributed by atoms with Crippen LogP contribution in [0.1, 0.15) is 6.42 Å². The number of hydrogen-bond donors (Lipinski definition) is 3. The van der Waals surface area contributed by atoms with Crippen LogP contribution in [0, 0.1) is 0 Å². The molecule has 0 aromatic heterocycles. The largest absolute Gasteiger partial charge is 0.481 e. The number of carbonyl (C=O) groups is 2. The van der Waals surface area contributed by atoms with Crippen molar-refractivity contribution in [3.05, 3.63) is 0 Å². The molecular formula is C7H14N2O4S. The minimum atomic E-state index is -0.958. The van der Waals surface area contributed by atoms with Crippen LogP contribution in [0.2, 0.25) is 0 Å². The molecule has 1 unspecified atom stereocenters. The second kappa shape index (κ2) is 7.31. The second-order valence-electron chi connectivity index (χ2n) is 2.60. The van der Waals surface area contributed by atoms with Crippen molar-refractivity contribution in [3.8, 4) is 0 Å². The fourth-order valence-electron chi connectivity index (χ4n) is 0.654. The molecule has 1 atom stereocenters. The minimum Gasteiger partial charge on any atom is -0.481 e. The van der Waals surface area contributed by atoms with E-state index in [2.05, 4.69) is 10.6 Å². The molecule has 0 bridgehead atoms. The zero-order valence-corrected chi connectivity index (χ0v) is 8.73. The average molecular weight is 222 g/mol. The highest BCUT2D eigenvalue weighted by Gasteiger charge is 2.01. The highest BCUT2D eigenvalue weighted by atomic mass is 32.2. The lowest BCUT2D eigenvalue weighted by atomic mass is 10.4. The first-order valence-electron chi connectivity index (χ1n) is 4.06. The third-order valence-corrected chi connectivity index (χ3v) is 2.08. The highest BCUT2D eigenvalue weighted by molar-refractivity contribution is 7.84. The van der Waals surface area contributed by atoms with Crippen molar-refractivity contribution < 1.29 is 18.9 Å². The summed E-state index contributed by atoms with van der Waals surface area (Å²) in [5.41, 5.74) is 0. The molecular weight excluding hydrogens is 208 g/mol. The van der Waals surface area contributed by atoms with Crippen LogP contribution in [0.3, 0.4) is 0 Å². The topological polar surface area (TPSA) is 95.5 Å². The minimum absolute atomic E-state index is 0.0936. The van der Waals surface area contributed by atoms with E-state index >= 15 is 0 Å². The van der Waals surface area contributed by atoms with Crippen molar-refractivity contribution >= 4 is 22.8 Å². The standard InChI is InChI=1S/C7H14N2O4S/c1-14(13)5-4-9-7(12)8-3-2-6(10)11/h2-5H2,1H3,(H,10,11)(H2,8,9,12). The Balaban J connectivity index is 3.37. The Labute approximate surface area is 84.5 Å². The number of hydrogen-bond acceptors (Lipinski definition) is 3. The monoisotopic (exact) mass is 222 g/mol. The van der Waals surface area contributed by atoms with Crippen molar-refractivity contribution in [2.45, 2.75) is 6.42 Å². The van der Waals surface area contributed by atoms with Crippen LogP contribution in [0.5, 0.6) is 0 Å². The summed E-state index contributed by atoms with van der Waals surface area (Å²) >= 11 is 0. The van der Waals surface area contributed by atoms with Gasteiger partial charge < -0.3 is 15.7 Å². The lowest BCUT2D eigenvalue weighted by molar-refractivity contribution is -0.136. The smallest absolute Gasteiger partial charge is 0.314 e. The van der Waals surface area contributed by atoms with E-state index in [-0.39, 0.29) is 13.0 Å². The summed E-state index contributed by atoms with van der Waals surface area (Å²) < 4.78 is 10.6. The fraction of sp³-hybridized carbons (Fsp3) is 0.714. The summed E-state index contributed by atoms with van der Waals surface area (Å²) in [5, 5.41) is 13.1. The van der Waals surface area contributed by atoms with Crippen LogP contribution in [-0.4, -0.2) is 46.4 Å². The van der Waals surface area contributed by atoms with E-state index in [0.717, 1.165) is 0 Å². The lowest BCUT2D eigenvalue weighted by Gasteiger charge is -2.04. The zero-order chi connectivity index (χ0) is 11.0. The van der Waals surface area contributed by atoms with Gasteiger partial charge in [-0.15, -0.1) is 0 Å². The maximum Gasteiger partial charge on any atom is 0.314 e. The van der Waals surface area contributed by atoms with Crippen molar-refractivity contribution in [3.63, 3.8) is 0 Å². The Morgan fingerprint density at radius 2 is 1.86 bits per heavy atom. The molecule has 0 saturated heterocycles. The fourth-order valence-corrected chi connectivity index (χ4v) is 1.04. The van der Waals surface area contributed by atoms with Gasteiger partial charge in [0.25, 0.3) is 0 Å². The molecule has 0 fully saturated rings. The van der Waals surface area contributed by atoms with Crippen molar-refractivity contribution in [2.75, 3.05) is 25.1 Å². The number of carboxylic acids is 1. The quantitative estimate of drug-likeness (QED) is 0.545. The van der Waals surface area contributed by atoms with Crippen molar-refractivity contribution in [1.82, 2.24) is 10.6 Å². The van der Waals surface area contributed by atoms with Crippen molar-refractivity contribution in [2.24, 2.45) is 0 Å². The predicted octanol–water partition coefficient (Wildman–Crippen LogP) is -0.861. The van der Waals surface area contributed by atoms with Crippen LogP contribution >= 0.6 is 0 Å². The van der Waals surface area contributed by atoms with Crippen LogP contribution < -0.4 is 10.6 Å². The summed E-state index contributed by atoms with van der Waals surface area (Å²) in [6.45, 7) is 0.415. The molecule has 0 heterocycles. The summed E-state index contributed by atoms with van der Waals surface area (Å²) in [6, 6.07) is -0.434. The second-order valence-corrected chi connectivity index (χ2v) is 4.16. The average Bonchev–Trinajstić information content (AvgIpc) is 2.02. The number of urea groups is 1. The first-order chi connectivity index (χ1) is 6.52. The van der Waals surface area contributed by atoms with Gasteiger partial charge in [-0.3, -0.25) is 9.00 Å². The van der Waals surface area contributed by atoms with E-state index in [0.29, 0.717) is 12.3 Å². The Morgan fingerprint density at radius 1 is 1.29 bits per heavy atom. The Bertz CT molecular complexity index is 210. The lowest BCUT2D eigenvalue weighted by Crippen LogP contribution is -2.38. The highest BCUT2D eigenvalue weighted by Crippen LogP contribution is 1.76. The van der Waals surface area contributed by atoms with Gasteiger partial charge in [0.05, 0.1) is 6.42 Å². The molecule has 0 radical (unpaired) electrons. The number of carbonyl (C=O) groups excluding carboxylic acids is 1. The summed E-state index contributed by atoms with van der Waals surface area (Å²) in [7, 11) is -0.932. The molecule has 6 nitrogen and oxygen atoms in total. The number of carboxylic acid groups (broad SMARTS) is 1. The van der Waals surface area contributed by atoms with Crippen molar-refractivity contribution in [1.29, 1.82) is 0 Å². The first kappa shape index (κ1) is 12.9. The maximum absolute atomic E-state index is 10.9. The molecule has 0 aliphatic heterocycles. The van der Waals surface area contributed by atoms with Crippen LogP contribution in [0.15, 0.2) is 0 Å². The third-order valence-electron chi connectivity index (χ3n) is 1.30. The zero-order valence-electron chi connectivity index (χ0n) is 7.91. The van der Waals surface area contributed by atoms with Gasteiger partial charge in [-0.1, -0.05) is 0 Å². The van der Waals surface area contributed by atoms with Gasteiger partial charge in [0.15, 0.2) is 0 Å². The molecule has 82 valence electrons. The molecule has 3 N–H and O–H groups in total. The normalized spacial score (nSPS) is 11.8. The van der Waals surface area contributed by atoms with Gasteiger partial charge >= 0.3 is 12.0 Å². The molecule has 0 spiro atoms. The Kier molecular flexibility index (Phi) is 6.73. The van der Waals surface area contributed by atoms with E-state index in [1.807, 2.05) is 0 Å². The molecule has 0 aromatic carbocycles. The summed E-state index contributed by atoms with van der Waals surface area (Å²) in [5.74, 6) is -0.563. The summed E-state index contributed by atoms with van der Waals surface area (Å²) in [4.78, 5) is 21.0. The number of nitrogens with one attached hydrogen (secondary N) is 2. The summed E-state index contributed by atoms with van der Waals surface area (Å²) in [6.07, 6.45) is 1.44. The molecule has 0 saturated carbocycles. The third kappa shape index (κ3) is 8.98. The van der Waals surface area contributed by atoms with E-state index in [1.54, 1.807) is 6.26 Å². The van der Waals surface area contributed by atoms with Gasteiger partial charge in [-0.05, 0) is 0 Å². The van der Waals surface area contributed by atoms with Gasteiger partial charge in [-0.2, -0.15) is 0 Å². The molecule has 7 heteroatoms. The van der Waals surface area contributed by atoms with Gasteiger partial charge in [-0.25, -0.2) is 4.79 Å². The molecule has 0 rings (SSSR count). The van der Waals surface area contributed by atoms with E-state index in [4.69, 9.17) is 5.11 Å². The number of aliphatic carboxylic acids is 1. The maximum atomic E-state index is 10.9. The van der Waals surface area contributed by atoms with E-state index in [9.17, 15) is 13.8 Å².